The number of hydrogen-bond acceptors (Lipinski definition) is 3. The monoisotopic (exact) mass is 242 g/mol. The third-order valence-electron chi connectivity index (χ3n) is 2.54. The molecule has 0 bridgehead atoms. The average Bonchev–Trinajstić information content (AvgIpc) is 2.11. The van der Waals surface area contributed by atoms with E-state index in [0.29, 0.717) is 28.9 Å². The normalized spacial score (nSPS) is 17.2. The molecule has 16 heavy (non-hydrogen) atoms. The zero-order valence-electron chi connectivity index (χ0n) is 9.37. The predicted molar refractivity (Wildman–Crippen MR) is 62.1 cm³/mol. The maximum atomic E-state index is 13.7. The van der Waals surface area contributed by atoms with Gasteiger partial charge in [0.1, 0.15) is 5.82 Å². The van der Waals surface area contributed by atoms with E-state index in [9.17, 15) is 9.50 Å². The molecule has 0 radical (unpaired) electrons. The molecule has 1 heterocycles. The molecule has 1 saturated heterocycles. The summed E-state index contributed by atoms with van der Waals surface area (Å²) < 4.78 is 18.8. The first kappa shape index (κ1) is 11.9. The highest BCUT2D eigenvalue weighted by Crippen LogP contribution is 2.32. The molecule has 0 unspecified atom stereocenters. The Kier molecular flexibility index (Phi) is 3.24. The lowest BCUT2D eigenvalue weighted by atomic mass is 9.99. The molecule has 1 aromatic carbocycles. The van der Waals surface area contributed by atoms with Crippen LogP contribution in [0.1, 0.15) is 19.4 Å². The Morgan fingerprint density at radius 1 is 1.44 bits per heavy atom. The number of ether oxygens (including phenoxy) is 1. The van der Waals surface area contributed by atoms with Gasteiger partial charge in [-0.1, -0.05) is 6.07 Å². The van der Waals surface area contributed by atoms with Crippen LogP contribution < -0.4 is 0 Å². The standard InChI is InChI=1S/C12H15FO2S/c1-12(2,14)8-3-4-11(10(13)5-8)16-9-6-15-7-9/h3-5,9,14H,6-7H2,1-2H3. The highest BCUT2D eigenvalue weighted by molar-refractivity contribution is 8.00. The van der Waals surface area contributed by atoms with E-state index in [0.717, 1.165) is 0 Å². The van der Waals surface area contributed by atoms with Crippen LogP contribution in [0.25, 0.3) is 0 Å². The highest BCUT2D eigenvalue weighted by Gasteiger charge is 2.22. The van der Waals surface area contributed by atoms with Gasteiger partial charge in [0.25, 0.3) is 0 Å². The van der Waals surface area contributed by atoms with Gasteiger partial charge in [-0.05, 0) is 31.5 Å². The first-order valence-electron chi connectivity index (χ1n) is 5.23. The van der Waals surface area contributed by atoms with Gasteiger partial charge >= 0.3 is 0 Å². The van der Waals surface area contributed by atoms with Crippen molar-refractivity contribution in [1.82, 2.24) is 0 Å². The van der Waals surface area contributed by atoms with Crippen LogP contribution in [-0.4, -0.2) is 23.6 Å². The molecule has 2 rings (SSSR count). The fourth-order valence-electron chi connectivity index (χ4n) is 1.44. The fraction of sp³-hybridized carbons (Fsp3) is 0.500. The molecule has 88 valence electrons. The smallest absolute Gasteiger partial charge is 0.137 e. The van der Waals surface area contributed by atoms with E-state index in [1.807, 2.05) is 0 Å². The topological polar surface area (TPSA) is 29.5 Å². The Labute approximate surface area is 98.8 Å². The second-order valence-electron chi connectivity index (χ2n) is 4.48. The van der Waals surface area contributed by atoms with Gasteiger partial charge in [0.05, 0.1) is 24.1 Å². The van der Waals surface area contributed by atoms with E-state index < -0.39 is 5.60 Å². The van der Waals surface area contributed by atoms with Crippen LogP contribution in [0.5, 0.6) is 0 Å². The highest BCUT2D eigenvalue weighted by atomic mass is 32.2. The van der Waals surface area contributed by atoms with Crippen LogP contribution in [0.2, 0.25) is 0 Å². The third-order valence-corrected chi connectivity index (χ3v) is 3.73. The molecule has 1 N–H and O–H groups in total. The molecule has 1 aliphatic rings. The zero-order chi connectivity index (χ0) is 11.8. The van der Waals surface area contributed by atoms with Crippen LogP contribution >= 0.6 is 11.8 Å². The predicted octanol–water partition coefficient (Wildman–Crippen LogP) is 2.54. The van der Waals surface area contributed by atoms with E-state index in [2.05, 4.69) is 0 Å². The summed E-state index contributed by atoms with van der Waals surface area (Å²) >= 11 is 1.49. The summed E-state index contributed by atoms with van der Waals surface area (Å²) in [7, 11) is 0. The van der Waals surface area contributed by atoms with Gasteiger partial charge in [-0.25, -0.2) is 4.39 Å². The second-order valence-corrected chi connectivity index (χ2v) is 5.82. The molecule has 0 atom stereocenters. The SMILES string of the molecule is CC(C)(O)c1ccc(SC2COC2)c(F)c1. The van der Waals surface area contributed by atoms with E-state index in [-0.39, 0.29) is 5.82 Å². The lowest BCUT2D eigenvalue weighted by Gasteiger charge is -2.25. The van der Waals surface area contributed by atoms with Gasteiger partial charge in [0, 0.05) is 4.90 Å². The van der Waals surface area contributed by atoms with Gasteiger partial charge in [-0.15, -0.1) is 11.8 Å². The molecule has 0 aliphatic carbocycles. The largest absolute Gasteiger partial charge is 0.386 e. The minimum atomic E-state index is -0.996. The molecule has 1 aromatic rings. The van der Waals surface area contributed by atoms with Gasteiger partial charge < -0.3 is 9.84 Å². The summed E-state index contributed by atoms with van der Waals surface area (Å²) in [6.07, 6.45) is 0. The summed E-state index contributed by atoms with van der Waals surface area (Å²) in [6.45, 7) is 4.68. The van der Waals surface area contributed by atoms with Gasteiger partial charge in [-0.3, -0.25) is 0 Å². The van der Waals surface area contributed by atoms with Crippen LogP contribution in [0.15, 0.2) is 23.1 Å². The lowest BCUT2D eigenvalue weighted by Crippen LogP contribution is -2.30. The Morgan fingerprint density at radius 3 is 2.56 bits per heavy atom. The Balaban J connectivity index is 2.15. The van der Waals surface area contributed by atoms with Crippen molar-refractivity contribution in [2.75, 3.05) is 13.2 Å². The summed E-state index contributed by atoms with van der Waals surface area (Å²) in [5, 5.41) is 10.1. The van der Waals surface area contributed by atoms with Crippen molar-refractivity contribution in [2.45, 2.75) is 29.6 Å². The molecule has 0 saturated carbocycles. The Bertz CT molecular complexity index is 383. The molecular weight excluding hydrogens is 227 g/mol. The second kappa shape index (κ2) is 4.35. The number of aliphatic hydroxyl groups is 1. The molecule has 0 aromatic heterocycles. The Morgan fingerprint density at radius 2 is 2.12 bits per heavy atom. The lowest BCUT2D eigenvalue weighted by molar-refractivity contribution is 0.0454. The molecule has 0 amide bonds. The Hall–Kier alpha value is -0.580. The van der Waals surface area contributed by atoms with Crippen LogP contribution in [0, 0.1) is 5.82 Å². The van der Waals surface area contributed by atoms with Gasteiger partial charge in [0.2, 0.25) is 0 Å². The van der Waals surface area contributed by atoms with E-state index in [1.165, 1.54) is 17.8 Å². The van der Waals surface area contributed by atoms with Crippen molar-refractivity contribution >= 4 is 11.8 Å². The van der Waals surface area contributed by atoms with Crippen molar-refractivity contribution in [2.24, 2.45) is 0 Å². The van der Waals surface area contributed by atoms with E-state index in [4.69, 9.17) is 4.74 Å². The van der Waals surface area contributed by atoms with Crippen molar-refractivity contribution in [1.29, 1.82) is 0 Å². The van der Waals surface area contributed by atoms with Crippen LogP contribution in [-0.2, 0) is 10.3 Å². The molecule has 2 nitrogen and oxygen atoms in total. The molecule has 0 spiro atoms. The maximum absolute atomic E-state index is 13.7. The van der Waals surface area contributed by atoms with Crippen molar-refractivity contribution in [3.8, 4) is 0 Å². The van der Waals surface area contributed by atoms with Crippen LogP contribution in [0.4, 0.5) is 4.39 Å². The number of halogens is 1. The maximum Gasteiger partial charge on any atom is 0.137 e. The summed E-state index contributed by atoms with van der Waals surface area (Å²) in [5.41, 5.74) is -0.400. The molecule has 4 heteroatoms. The van der Waals surface area contributed by atoms with E-state index >= 15 is 0 Å². The van der Waals surface area contributed by atoms with Crippen molar-refractivity contribution in [3.05, 3.63) is 29.6 Å². The first-order chi connectivity index (χ1) is 7.47. The van der Waals surface area contributed by atoms with Gasteiger partial charge in [-0.2, -0.15) is 0 Å². The minimum absolute atomic E-state index is 0.267. The fourth-order valence-corrected chi connectivity index (χ4v) is 2.44. The first-order valence-corrected chi connectivity index (χ1v) is 6.11. The molecule has 1 fully saturated rings. The molecule has 1 aliphatic heterocycles. The number of hydrogen-bond donors (Lipinski definition) is 1. The summed E-state index contributed by atoms with van der Waals surface area (Å²) in [6, 6.07) is 4.90. The van der Waals surface area contributed by atoms with Crippen LogP contribution in [0.3, 0.4) is 0 Å². The number of rotatable bonds is 3. The van der Waals surface area contributed by atoms with E-state index in [1.54, 1.807) is 26.0 Å². The van der Waals surface area contributed by atoms with Gasteiger partial charge in [0.15, 0.2) is 0 Å². The number of thioether (sulfide) groups is 1. The van der Waals surface area contributed by atoms with Crippen molar-refractivity contribution < 1.29 is 14.2 Å². The summed E-state index contributed by atoms with van der Waals surface area (Å²) in [5.74, 6) is -0.267. The quantitative estimate of drug-likeness (QED) is 0.883. The zero-order valence-corrected chi connectivity index (χ0v) is 10.2. The van der Waals surface area contributed by atoms with Crippen molar-refractivity contribution in [3.63, 3.8) is 0 Å². The number of benzene rings is 1. The molecular formula is C12H15FO2S. The summed E-state index contributed by atoms with van der Waals surface area (Å²) in [4.78, 5) is 0.626. The minimum Gasteiger partial charge on any atom is -0.386 e. The average molecular weight is 242 g/mol. The third kappa shape index (κ3) is 2.56.